The summed E-state index contributed by atoms with van der Waals surface area (Å²) in [6, 6.07) is 14.7. The number of aromatic nitrogens is 2. The number of hydrogen-bond donors (Lipinski definition) is 2. The number of halogens is 1. The van der Waals surface area contributed by atoms with Crippen molar-refractivity contribution in [3.05, 3.63) is 71.2 Å². The van der Waals surface area contributed by atoms with Gasteiger partial charge in [-0.05, 0) is 51.1 Å². The Bertz CT molecular complexity index is 1010. The first-order chi connectivity index (χ1) is 14.4. The Hall–Kier alpha value is -3.19. The average molecular weight is 412 g/mol. The van der Waals surface area contributed by atoms with E-state index in [2.05, 4.69) is 10.4 Å². The first kappa shape index (κ1) is 21.5. The maximum absolute atomic E-state index is 14.0. The van der Waals surface area contributed by atoms with E-state index in [9.17, 15) is 9.18 Å². The van der Waals surface area contributed by atoms with Gasteiger partial charge in [0.05, 0.1) is 25.0 Å². The van der Waals surface area contributed by atoms with E-state index in [1.807, 2.05) is 57.2 Å². The fourth-order valence-electron chi connectivity index (χ4n) is 3.31. The zero-order valence-electron chi connectivity index (χ0n) is 17.8. The fourth-order valence-corrected chi connectivity index (χ4v) is 3.31. The maximum atomic E-state index is 14.0. The maximum Gasteiger partial charge on any atom is 0.280 e. The molecule has 1 unspecified atom stereocenters. The number of amides is 1. The summed E-state index contributed by atoms with van der Waals surface area (Å²) in [7, 11) is 1.44. The second kappa shape index (κ2) is 9.54. The molecule has 2 aromatic carbocycles. The molecular weight excluding hydrogens is 383 g/mol. The van der Waals surface area contributed by atoms with Crippen molar-refractivity contribution in [3.8, 4) is 11.4 Å². The molecule has 0 aliphatic rings. The first-order valence-electron chi connectivity index (χ1n) is 9.99. The number of nitrogens with zero attached hydrogens (tertiary/aromatic N) is 2. The molecule has 1 heterocycles. The second-order valence-corrected chi connectivity index (χ2v) is 7.39. The van der Waals surface area contributed by atoms with Crippen molar-refractivity contribution in [3.63, 3.8) is 0 Å². The van der Waals surface area contributed by atoms with Crippen LogP contribution in [0.15, 0.2) is 48.5 Å². The van der Waals surface area contributed by atoms with Gasteiger partial charge in [0, 0.05) is 11.6 Å². The molecule has 3 rings (SSSR count). The van der Waals surface area contributed by atoms with E-state index in [1.54, 1.807) is 10.7 Å². The molecule has 0 fully saturated rings. The molecule has 7 heteroatoms. The van der Waals surface area contributed by atoms with Crippen LogP contribution in [-0.4, -0.2) is 35.9 Å². The summed E-state index contributed by atoms with van der Waals surface area (Å²) in [5.41, 5.74) is 3.68. The van der Waals surface area contributed by atoms with Crippen molar-refractivity contribution >= 4 is 11.7 Å². The normalized spacial score (nSPS) is 11.9. The van der Waals surface area contributed by atoms with Gasteiger partial charge in [-0.1, -0.05) is 17.7 Å². The number of anilines is 1. The van der Waals surface area contributed by atoms with E-state index in [0.717, 1.165) is 34.0 Å². The Morgan fingerprint density at radius 1 is 1.17 bits per heavy atom. The number of ether oxygens (including phenoxy) is 1. The molecule has 1 aromatic heterocycles. The van der Waals surface area contributed by atoms with Gasteiger partial charge in [-0.15, -0.1) is 0 Å². The largest absolute Gasteiger partial charge is 0.494 e. The summed E-state index contributed by atoms with van der Waals surface area (Å²) in [5.74, 6) is 0.336. The van der Waals surface area contributed by atoms with Crippen LogP contribution in [0.25, 0.3) is 5.69 Å². The zero-order valence-corrected chi connectivity index (χ0v) is 17.8. The van der Waals surface area contributed by atoms with Gasteiger partial charge in [0.25, 0.3) is 5.91 Å². The highest BCUT2D eigenvalue weighted by molar-refractivity contribution is 5.91. The molecule has 30 heavy (non-hydrogen) atoms. The summed E-state index contributed by atoms with van der Waals surface area (Å²) >= 11 is 0. The topological polar surface area (TPSA) is 60.6 Å². The molecule has 1 atom stereocenters. The lowest BCUT2D eigenvalue weighted by Crippen LogP contribution is -3.11. The number of nitrogens with one attached hydrogen (secondary N) is 2. The lowest BCUT2D eigenvalue weighted by atomic mass is 10.2. The lowest BCUT2D eigenvalue weighted by Gasteiger charge is -2.18. The summed E-state index contributed by atoms with van der Waals surface area (Å²) in [4.78, 5) is 13.7. The van der Waals surface area contributed by atoms with Crippen LogP contribution in [0.2, 0.25) is 0 Å². The van der Waals surface area contributed by atoms with E-state index in [1.165, 1.54) is 13.2 Å². The number of hydrogen-bond acceptors (Lipinski definition) is 3. The number of carbonyl (C=O) groups is 1. The number of likely N-dealkylation sites (N-methyl/N-ethyl adjacent to an activating group) is 1. The van der Waals surface area contributed by atoms with Gasteiger partial charge in [0.2, 0.25) is 0 Å². The third-order valence-corrected chi connectivity index (χ3v) is 4.96. The highest BCUT2D eigenvalue weighted by atomic mass is 19.1. The summed E-state index contributed by atoms with van der Waals surface area (Å²) in [6.45, 7) is 7.46. The van der Waals surface area contributed by atoms with Crippen LogP contribution in [0.4, 0.5) is 10.2 Å². The van der Waals surface area contributed by atoms with Gasteiger partial charge in [0.1, 0.15) is 12.4 Å². The van der Waals surface area contributed by atoms with E-state index >= 15 is 0 Å². The minimum Gasteiger partial charge on any atom is -0.494 e. The highest BCUT2D eigenvalue weighted by Crippen LogP contribution is 2.18. The molecule has 0 saturated heterocycles. The van der Waals surface area contributed by atoms with Crippen LogP contribution in [0.5, 0.6) is 5.75 Å². The first-order valence-corrected chi connectivity index (χ1v) is 9.99. The van der Waals surface area contributed by atoms with Crippen molar-refractivity contribution in [1.29, 1.82) is 0 Å². The van der Waals surface area contributed by atoms with Crippen LogP contribution in [0, 0.1) is 19.7 Å². The standard InChI is InChI=1S/C23H27FN4O2/c1-5-27(14-18-8-11-21(30-4)20(24)13-18)15-23(29)25-22-12-17(3)26-28(22)19-9-6-16(2)7-10-19/h6-13H,5,14-15H2,1-4H3,(H,25,29)/p+1. The molecule has 0 radical (unpaired) electrons. The van der Waals surface area contributed by atoms with Crippen molar-refractivity contribution in [2.75, 3.05) is 25.5 Å². The molecule has 0 aliphatic carbocycles. The Balaban J connectivity index is 1.68. The van der Waals surface area contributed by atoms with Gasteiger partial charge < -0.3 is 15.0 Å². The van der Waals surface area contributed by atoms with Gasteiger partial charge in [-0.3, -0.25) is 4.79 Å². The van der Waals surface area contributed by atoms with Gasteiger partial charge in [0.15, 0.2) is 18.1 Å². The van der Waals surface area contributed by atoms with Gasteiger partial charge >= 0.3 is 0 Å². The second-order valence-electron chi connectivity index (χ2n) is 7.39. The highest BCUT2D eigenvalue weighted by Gasteiger charge is 2.17. The fraction of sp³-hybridized carbons (Fsp3) is 0.304. The van der Waals surface area contributed by atoms with Crippen LogP contribution in [0.1, 0.15) is 23.7 Å². The molecule has 2 N–H and O–H groups in total. The summed E-state index contributed by atoms with van der Waals surface area (Å²) < 4.78 is 20.7. The number of aryl methyl sites for hydroxylation is 2. The van der Waals surface area contributed by atoms with Crippen molar-refractivity contribution in [2.45, 2.75) is 27.3 Å². The van der Waals surface area contributed by atoms with Crippen molar-refractivity contribution in [1.82, 2.24) is 9.78 Å². The molecule has 0 saturated carbocycles. The predicted molar refractivity (Wildman–Crippen MR) is 115 cm³/mol. The number of quaternary nitrogens is 1. The SMILES string of the molecule is CC[NH+](CC(=O)Nc1cc(C)nn1-c1ccc(C)cc1)Cc1ccc(OC)c(F)c1. The molecule has 0 bridgehead atoms. The summed E-state index contributed by atoms with van der Waals surface area (Å²) in [5, 5.41) is 7.47. The van der Waals surface area contributed by atoms with Crippen molar-refractivity contribution in [2.24, 2.45) is 0 Å². The number of benzene rings is 2. The number of methoxy groups -OCH3 is 1. The minimum absolute atomic E-state index is 0.117. The molecular formula is C23H28FN4O2+. The zero-order chi connectivity index (χ0) is 21.7. The quantitative estimate of drug-likeness (QED) is 0.599. The monoisotopic (exact) mass is 411 g/mol. The molecule has 6 nitrogen and oxygen atoms in total. The average Bonchev–Trinajstić information content (AvgIpc) is 3.08. The molecule has 0 spiro atoms. The third-order valence-electron chi connectivity index (χ3n) is 4.96. The smallest absolute Gasteiger partial charge is 0.280 e. The van der Waals surface area contributed by atoms with Crippen LogP contribution in [0.3, 0.4) is 0 Å². The van der Waals surface area contributed by atoms with Gasteiger partial charge in [-0.2, -0.15) is 5.10 Å². The Kier molecular flexibility index (Phi) is 6.84. The molecule has 0 aliphatic heterocycles. The van der Waals surface area contributed by atoms with E-state index in [4.69, 9.17) is 4.74 Å². The van der Waals surface area contributed by atoms with Crippen LogP contribution >= 0.6 is 0 Å². The Labute approximate surface area is 176 Å². The van der Waals surface area contributed by atoms with Crippen LogP contribution < -0.4 is 15.0 Å². The Morgan fingerprint density at radius 2 is 1.90 bits per heavy atom. The van der Waals surface area contributed by atoms with Gasteiger partial charge in [-0.25, -0.2) is 9.07 Å². The minimum atomic E-state index is -0.396. The lowest BCUT2D eigenvalue weighted by molar-refractivity contribution is -0.903. The van der Waals surface area contributed by atoms with E-state index in [0.29, 0.717) is 12.4 Å². The van der Waals surface area contributed by atoms with E-state index < -0.39 is 5.82 Å². The molecule has 158 valence electrons. The third kappa shape index (κ3) is 5.24. The van der Waals surface area contributed by atoms with Crippen molar-refractivity contribution < 1.29 is 18.8 Å². The Morgan fingerprint density at radius 3 is 2.53 bits per heavy atom. The van der Waals surface area contributed by atoms with Crippen LogP contribution in [-0.2, 0) is 11.3 Å². The number of carbonyl (C=O) groups excluding carboxylic acids is 1. The molecule has 3 aromatic rings. The van der Waals surface area contributed by atoms with E-state index in [-0.39, 0.29) is 18.2 Å². The predicted octanol–water partition coefficient (Wildman–Crippen LogP) is 2.68. The summed E-state index contributed by atoms with van der Waals surface area (Å²) in [6.07, 6.45) is 0. The number of rotatable bonds is 8. The molecule has 1 amide bonds.